The minimum Gasteiger partial charge on any atom is -0.481 e. The van der Waals surface area contributed by atoms with Crippen molar-refractivity contribution in [2.24, 2.45) is 0 Å². The molecule has 0 atom stereocenters. The van der Waals surface area contributed by atoms with E-state index in [1.54, 1.807) is 14.0 Å². The van der Waals surface area contributed by atoms with Gasteiger partial charge in [0.25, 0.3) is 0 Å². The summed E-state index contributed by atoms with van der Waals surface area (Å²) in [5, 5.41) is 3.46. The zero-order valence-corrected chi connectivity index (χ0v) is 17.3. The maximum atomic E-state index is 11.6. The highest BCUT2D eigenvalue weighted by Gasteiger charge is 2.39. The quantitative estimate of drug-likeness (QED) is 0.702. The maximum Gasteiger partial charge on any atom is 0.306 e. The van der Waals surface area contributed by atoms with E-state index in [2.05, 4.69) is 38.0 Å². The molecule has 7 nitrogen and oxygen atoms in total. The number of carbonyl (C=O) groups is 1. The molecule has 3 N–H and O–H groups in total. The monoisotopic (exact) mass is 379 g/mol. The van der Waals surface area contributed by atoms with E-state index in [4.69, 9.17) is 19.9 Å². The Balaban J connectivity index is 2.15. The molecule has 2 rings (SSSR count). The normalized spacial score (nSPS) is 18.7. The smallest absolute Gasteiger partial charge is 0.306 e. The van der Waals surface area contributed by atoms with Gasteiger partial charge >= 0.3 is 5.97 Å². The summed E-state index contributed by atoms with van der Waals surface area (Å²) in [6.45, 7) is 10.5. The topological polar surface area (TPSA) is 95.7 Å². The molecule has 152 valence electrons. The third kappa shape index (κ3) is 5.99. The number of nitrogen functional groups attached to an aromatic ring is 1. The van der Waals surface area contributed by atoms with Crippen molar-refractivity contribution in [1.29, 1.82) is 0 Å². The predicted molar refractivity (Wildman–Crippen MR) is 106 cm³/mol. The molecule has 0 aliphatic carbocycles. The lowest BCUT2D eigenvalue weighted by atomic mass is 9.85. The van der Waals surface area contributed by atoms with E-state index in [1.807, 2.05) is 6.07 Å². The Morgan fingerprint density at radius 2 is 1.96 bits per heavy atom. The third-order valence-corrected chi connectivity index (χ3v) is 4.56. The van der Waals surface area contributed by atoms with Crippen LogP contribution in [0.5, 0.6) is 5.88 Å². The van der Waals surface area contributed by atoms with Crippen LogP contribution in [0, 0.1) is 0 Å². The summed E-state index contributed by atoms with van der Waals surface area (Å²) in [4.78, 5) is 16.2. The van der Waals surface area contributed by atoms with Gasteiger partial charge in [-0.3, -0.25) is 4.79 Å². The van der Waals surface area contributed by atoms with Crippen LogP contribution in [-0.4, -0.2) is 41.9 Å². The van der Waals surface area contributed by atoms with Crippen LogP contribution >= 0.6 is 0 Å². The van der Waals surface area contributed by atoms with Crippen LogP contribution in [0.2, 0.25) is 0 Å². The van der Waals surface area contributed by atoms with E-state index in [9.17, 15) is 4.79 Å². The number of rotatable bonds is 7. The van der Waals surface area contributed by atoms with Crippen molar-refractivity contribution in [3.8, 4) is 5.88 Å². The number of nitrogens with zero attached hydrogens (tertiary/aromatic N) is 1. The van der Waals surface area contributed by atoms with Crippen LogP contribution in [0.25, 0.3) is 0 Å². The molecule has 7 heteroatoms. The number of anilines is 2. The molecular weight excluding hydrogens is 346 g/mol. The molecule has 0 aromatic carbocycles. The van der Waals surface area contributed by atoms with Crippen LogP contribution in [0.15, 0.2) is 6.07 Å². The Bertz CT molecular complexity index is 657. The number of carbonyl (C=O) groups excluding carboxylic acids is 1. The molecule has 2 heterocycles. The van der Waals surface area contributed by atoms with Crippen molar-refractivity contribution in [2.45, 2.75) is 77.5 Å². The van der Waals surface area contributed by atoms with Gasteiger partial charge in [0.05, 0.1) is 30.6 Å². The highest BCUT2D eigenvalue weighted by atomic mass is 16.5. The summed E-state index contributed by atoms with van der Waals surface area (Å²) >= 11 is 0. The predicted octanol–water partition coefficient (Wildman–Crippen LogP) is 3.32. The van der Waals surface area contributed by atoms with Crippen molar-refractivity contribution in [2.75, 3.05) is 24.8 Å². The molecule has 1 aliphatic rings. The van der Waals surface area contributed by atoms with Gasteiger partial charge in [0.1, 0.15) is 0 Å². The molecule has 0 radical (unpaired) electrons. The largest absolute Gasteiger partial charge is 0.481 e. The molecule has 1 saturated heterocycles. The number of aromatic nitrogens is 1. The van der Waals surface area contributed by atoms with Gasteiger partial charge in [-0.25, -0.2) is 0 Å². The Hall–Kier alpha value is -2.02. The summed E-state index contributed by atoms with van der Waals surface area (Å²) in [6.07, 6.45) is 2.44. The van der Waals surface area contributed by atoms with Gasteiger partial charge in [0.15, 0.2) is 5.82 Å². The van der Waals surface area contributed by atoms with Crippen LogP contribution in [0.4, 0.5) is 11.5 Å². The lowest BCUT2D eigenvalue weighted by molar-refractivity contribution is -0.158. The number of ether oxygens (including phenoxy) is 3. The fraction of sp³-hybridized carbons (Fsp3) is 0.700. The number of aryl methyl sites for hydroxylation is 1. The van der Waals surface area contributed by atoms with Crippen molar-refractivity contribution >= 4 is 17.5 Å². The van der Waals surface area contributed by atoms with Crippen molar-refractivity contribution < 1.29 is 19.0 Å². The van der Waals surface area contributed by atoms with Gasteiger partial charge in [0, 0.05) is 18.0 Å². The Morgan fingerprint density at radius 1 is 1.33 bits per heavy atom. The van der Waals surface area contributed by atoms with Gasteiger partial charge in [-0.15, -0.1) is 0 Å². The van der Waals surface area contributed by atoms with Gasteiger partial charge in [-0.05, 0) is 59.9 Å². The first-order valence-electron chi connectivity index (χ1n) is 9.51. The van der Waals surface area contributed by atoms with E-state index >= 15 is 0 Å². The lowest BCUT2D eigenvalue weighted by Crippen LogP contribution is -2.49. The van der Waals surface area contributed by atoms with Crippen molar-refractivity contribution in [3.05, 3.63) is 11.6 Å². The fourth-order valence-corrected chi connectivity index (χ4v) is 3.88. The number of esters is 1. The number of nitrogens with one attached hydrogen (secondary N) is 1. The number of hydrogen-bond donors (Lipinski definition) is 2. The Morgan fingerprint density at radius 3 is 2.52 bits per heavy atom. The third-order valence-electron chi connectivity index (χ3n) is 4.56. The SMILES string of the molecule is CCOC(=O)CCc1cc(N)c(NC2CC(C)(C)OC(C)(C)C2)nc1OC. The standard InChI is InChI=1S/C20H33N3O4/c1-7-26-16(24)9-8-13-10-15(21)17(23-18(13)25-6)22-14-11-19(2,3)27-20(4,5)12-14/h10,14H,7-9,11-12,21H2,1-6H3,(H,22,23). The van der Waals surface area contributed by atoms with Gasteiger partial charge in [0.2, 0.25) is 5.88 Å². The minimum absolute atomic E-state index is 0.189. The van der Waals surface area contributed by atoms with Crippen molar-refractivity contribution in [3.63, 3.8) is 0 Å². The zero-order chi connectivity index (χ0) is 20.2. The zero-order valence-electron chi connectivity index (χ0n) is 17.3. The summed E-state index contributed by atoms with van der Waals surface area (Å²) in [7, 11) is 1.57. The molecule has 1 fully saturated rings. The summed E-state index contributed by atoms with van der Waals surface area (Å²) in [5.74, 6) is 0.832. The second-order valence-corrected chi connectivity index (χ2v) is 8.27. The molecule has 0 saturated carbocycles. The lowest BCUT2D eigenvalue weighted by Gasteiger charge is -2.45. The number of methoxy groups -OCH3 is 1. The molecule has 1 aliphatic heterocycles. The van der Waals surface area contributed by atoms with E-state index < -0.39 is 0 Å². The fourth-order valence-electron chi connectivity index (χ4n) is 3.88. The Labute approximate surface area is 162 Å². The van der Waals surface area contributed by atoms with E-state index in [0.29, 0.717) is 30.4 Å². The summed E-state index contributed by atoms with van der Waals surface area (Å²) < 4.78 is 16.5. The van der Waals surface area contributed by atoms with E-state index in [-0.39, 0.29) is 29.6 Å². The molecule has 0 spiro atoms. The van der Waals surface area contributed by atoms with Gasteiger partial charge < -0.3 is 25.3 Å². The van der Waals surface area contributed by atoms with Crippen LogP contribution in [0.1, 0.15) is 59.4 Å². The number of hydrogen-bond acceptors (Lipinski definition) is 7. The minimum atomic E-state index is -0.244. The summed E-state index contributed by atoms with van der Waals surface area (Å²) in [5.41, 5.74) is 7.12. The maximum absolute atomic E-state index is 11.6. The second-order valence-electron chi connectivity index (χ2n) is 8.27. The molecule has 1 aromatic heterocycles. The molecule has 1 aromatic rings. The molecule has 0 bridgehead atoms. The molecular formula is C20H33N3O4. The van der Waals surface area contributed by atoms with Crippen LogP contribution in [0.3, 0.4) is 0 Å². The molecule has 0 amide bonds. The summed E-state index contributed by atoms with van der Waals surface area (Å²) in [6, 6.07) is 2.01. The molecule has 27 heavy (non-hydrogen) atoms. The highest BCUT2D eigenvalue weighted by Crippen LogP contribution is 2.37. The highest BCUT2D eigenvalue weighted by molar-refractivity contribution is 5.70. The van der Waals surface area contributed by atoms with Crippen LogP contribution < -0.4 is 15.8 Å². The Kier molecular flexibility index (Phi) is 6.57. The first kappa shape index (κ1) is 21.3. The molecule has 0 unspecified atom stereocenters. The van der Waals surface area contributed by atoms with E-state index in [1.165, 1.54) is 0 Å². The van der Waals surface area contributed by atoms with Gasteiger partial charge in [-0.1, -0.05) is 0 Å². The van der Waals surface area contributed by atoms with E-state index in [0.717, 1.165) is 18.4 Å². The number of nitrogens with two attached hydrogens (primary N) is 1. The first-order chi connectivity index (χ1) is 12.5. The average Bonchev–Trinajstić information content (AvgIpc) is 2.52. The number of pyridine rings is 1. The van der Waals surface area contributed by atoms with Crippen molar-refractivity contribution in [1.82, 2.24) is 4.98 Å². The first-order valence-corrected chi connectivity index (χ1v) is 9.51. The average molecular weight is 380 g/mol. The van der Waals surface area contributed by atoms with Crippen LogP contribution in [-0.2, 0) is 20.7 Å². The second kappa shape index (κ2) is 8.33. The van der Waals surface area contributed by atoms with Gasteiger partial charge in [-0.2, -0.15) is 4.98 Å².